The second-order valence-corrected chi connectivity index (χ2v) is 4.96. The standard InChI is InChI=1S/C13H17ClFNO/c1-8-6-9(10(14)7-11(8)15)13(16)12-4-2-3-5-17-12/h6-7,12-13H,2-5,16H2,1H3. The van der Waals surface area contributed by atoms with Crippen LogP contribution in [0.2, 0.25) is 5.02 Å². The number of aryl methyl sites for hydroxylation is 1. The van der Waals surface area contributed by atoms with E-state index in [9.17, 15) is 4.39 Å². The van der Waals surface area contributed by atoms with Crippen molar-refractivity contribution in [1.82, 2.24) is 0 Å². The van der Waals surface area contributed by atoms with Gasteiger partial charge in [-0.3, -0.25) is 0 Å². The lowest BCUT2D eigenvalue weighted by Crippen LogP contribution is -2.32. The Kier molecular flexibility index (Phi) is 4.02. The van der Waals surface area contributed by atoms with Gasteiger partial charge in [-0.25, -0.2) is 4.39 Å². The summed E-state index contributed by atoms with van der Waals surface area (Å²) in [6.07, 6.45) is 3.13. The fourth-order valence-electron chi connectivity index (χ4n) is 2.18. The molecule has 0 spiro atoms. The zero-order chi connectivity index (χ0) is 12.4. The zero-order valence-electron chi connectivity index (χ0n) is 9.88. The SMILES string of the molecule is Cc1cc(C(N)C2CCCCO2)c(Cl)cc1F. The first-order chi connectivity index (χ1) is 8.09. The van der Waals surface area contributed by atoms with Crippen molar-refractivity contribution in [2.75, 3.05) is 6.61 Å². The second-order valence-electron chi connectivity index (χ2n) is 4.55. The van der Waals surface area contributed by atoms with Gasteiger partial charge in [0.25, 0.3) is 0 Å². The molecule has 0 amide bonds. The molecular weight excluding hydrogens is 241 g/mol. The molecule has 1 aromatic carbocycles. The molecule has 94 valence electrons. The van der Waals surface area contributed by atoms with Crippen LogP contribution >= 0.6 is 11.6 Å². The predicted octanol–water partition coefficient (Wildman–Crippen LogP) is 3.36. The quantitative estimate of drug-likeness (QED) is 0.882. The van der Waals surface area contributed by atoms with Crippen molar-refractivity contribution in [3.63, 3.8) is 0 Å². The van der Waals surface area contributed by atoms with E-state index in [1.54, 1.807) is 13.0 Å². The Bertz CT molecular complexity index is 405. The number of nitrogens with two attached hydrogens (primary N) is 1. The number of rotatable bonds is 2. The molecule has 2 atom stereocenters. The lowest BCUT2D eigenvalue weighted by molar-refractivity contribution is 0.00000855. The van der Waals surface area contributed by atoms with E-state index in [0.717, 1.165) is 31.4 Å². The van der Waals surface area contributed by atoms with E-state index >= 15 is 0 Å². The molecule has 4 heteroatoms. The van der Waals surface area contributed by atoms with Crippen LogP contribution in [-0.4, -0.2) is 12.7 Å². The van der Waals surface area contributed by atoms with Gasteiger partial charge in [0.15, 0.2) is 0 Å². The third kappa shape index (κ3) is 2.79. The van der Waals surface area contributed by atoms with Gasteiger partial charge < -0.3 is 10.5 Å². The average Bonchev–Trinajstić information content (AvgIpc) is 2.34. The Morgan fingerprint density at radius 2 is 2.24 bits per heavy atom. The molecule has 1 aliphatic rings. The molecule has 1 fully saturated rings. The Balaban J connectivity index is 2.23. The lowest BCUT2D eigenvalue weighted by atomic mass is 9.95. The number of hydrogen-bond donors (Lipinski definition) is 1. The van der Waals surface area contributed by atoms with Crippen molar-refractivity contribution in [3.8, 4) is 0 Å². The van der Waals surface area contributed by atoms with Gasteiger partial charge in [-0.05, 0) is 43.4 Å². The number of benzene rings is 1. The van der Waals surface area contributed by atoms with Crippen LogP contribution in [0.15, 0.2) is 12.1 Å². The van der Waals surface area contributed by atoms with Crippen molar-refractivity contribution in [3.05, 3.63) is 34.1 Å². The van der Waals surface area contributed by atoms with Crippen LogP contribution in [0.4, 0.5) is 4.39 Å². The smallest absolute Gasteiger partial charge is 0.127 e. The zero-order valence-corrected chi connectivity index (χ0v) is 10.6. The number of halogens is 2. The first-order valence-corrected chi connectivity index (χ1v) is 6.30. The normalized spacial score (nSPS) is 22.5. The molecular formula is C13H17ClFNO. The topological polar surface area (TPSA) is 35.2 Å². The summed E-state index contributed by atoms with van der Waals surface area (Å²) in [6.45, 7) is 2.46. The molecule has 0 radical (unpaired) electrons. The van der Waals surface area contributed by atoms with Crippen LogP contribution < -0.4 is 5.73 Å². The Morgan fingerprint density at radius 3 is 2.88 bits per heavy atom. The van der Waals surface area contributed by atoms with E-state index in [1.807, 2.05) is 0 Å². The number of hydrogen-bond acceptors (Lipinski definition) is 2. The molecule has 1 aliphatic heterocycles. The lowest BCUT2D eigenvalue weighted by Gasteiger charge is -2.28. The highest BCUT2D eigenvalue weighted by molar-refractivity contribution is 6.31. The van der Waals surface area contributed by atoms with Crippen LogP contribution in [0.3, 0.4) is 0 Å². The van der Waals surface area contributed by atoms with Crippen molar-refractivity contribution >= 4 is 11.6 Å². The van der Waals surface area contributed by atoms with E-state index in [1.165, 1.54) is 6.07 Å². The van der Waals surface area contributed by atoms with Gasteiger partial charge in [0.2, 0.25) is 0 Å². The van der Waals surface area contributed by atoms with Crippen LogP contribution in [-0.2, 0) is 4.74 Å². The molecule has 1 heterocycles. The highest BCUT2D eigenvalue weighted by atomic mass is 35.5. The van der Waals surface area contributed by atoms with Gasteiger partial charge in [-0.1, -0.05) is 17.7 Å². The monoisotopic (exact) mass is 257 g/mol. The molecule has 2 nitrogen and oxygen atoms in total. The molecule has 0 saturated carbocycles. The molecule has 0 aliphatic carbocycles. The Labute approximate surface area is 106 Å². The summed E-state index contributed by atoms with van der Waals surface area (Å²) in [5.74, 6) is -0.296. The van der Waals surface area contributed by atoms with Crippen molar-refractivity contribution in [2.24, 2.45) is 5.73 Å². The van der Waals surface area contributed by atoms with E-state index in [4.69, 9.17) is 22.1 Å². The largest absolute Gasteiger partial charge is 0.376 e. The third-order valence-corrected chi connectivity index (χ3v) is 3.58. The minimum Gasteiger partial charge on any atom is -0.376 e. The van der Waals surface area contributed by atoms with Crippen LogP contribution in [0.1, 0.15) is 36.4 Å². The third-order valence-electron chi connectivity index (χ3n) is 3.25. The molecule has 1 aromatic rings. The van der Waals surface area contributed by atoms with Gasteiger partial charge in [0.05, 0.1) is 12.1 Å². The van der Waals surface area contributed by atoms with Crippen molar-refractivity contribution in [1.29, 1.82) is 0 Å². The van der Waals surface area contributed by atoms with Gasteiger partial charge in [0.1, 0.15) is 5.82 Å². The van der Waals surface area contributed by atoms with E-state index in [0.29, 0.717) is 10.6 Å². The van der Waals surface area contributed by atoms with Gasteiger partial charge in [-0.2, -0.15) is 0 Å². The summed E-state index contributed by atoms with van der Waals surface area (Å²) in [6, 6.07) is 2.77. The maximum atomic E-state index is 13.3. The Hall–Kier alpha value is -0.640. The maximum absolute atomic E-state index is 13.3. The van der Waals surface area contributed by atoms with Crippen LogP contribution in [0.5, 0.6) is 0 Å². The van der Waals surface area contributed by atoms with Gasteiger partial charge in [0, 0.05) is 11.6 Å². The summed E-state index contributed by atoms with van der Waals surface area (Å²) < 4.78 is 19.0. The molecule has 1 saturated heterocycles. The summed E-state index contributed by atoms with van der Waals surface area (Å²) >= 11 is 6.04. The number of ether oxygens (including phenoxy) is 1. The molecule has 2 N–H and O–H groups in total. The van der Waals surface area contributed by atoms with Gasteiger partial charge in [-0.15, -0.1) is 0 Å². The summed E-state index contributed by atoms with van der Waals surface area (Å²) in [5, 5.41) is 0.384. The molecule has 2 unspecified atom stereocenters. The van der Waals surface area contributed by atoms with Gasteiger partial charge >= 0.3 is 0 Å². The molecule has 0 aromatic heterocycles. The van der Waals surface area contributed by atoms with E-state index < -0.39 is 0 Å². The molecule has 17 heavy (non-hydrogen) atoms. The summed E-state index contributed by atoms with van der Waals surface area (Å²) in [5.41, 5.74) is 7.50. The van der Waals surface area contributed by atoms with Crippen LogP contribution in [0, 0.1) is 12.7 Å². The fraction of sp³-hybridized carbons (Fsp3) is 0.538. The average molecular weight is 258 g/mol. The van der Waals surface area contributed by atoms with E-state index in [-0.39, 0.29) is 18.0 Å². The highest BCUT2D eigenvalue weighted by Gasteiger charge is 2.24. The Morgan fingerprint density at radius 1 is 1.47 bits per heavy atom. The molecule has 0 bridgehead atoms. The second kappa shape index (κ2) is 5.34. The minimum atomic E-state index is -0.296. The first kappa shape index (κ1) is 12.8. The highest BCUT2D eigenvalue weighted by Crippen LogP contribution is 2.30. The maximum Gasteiger partial charge on any atom is 0.127 e. The minimum absolute atomic E-state index is 0.00823. The van der Waals surface area contributed by atoms with Crippen LogP contribution in [0.25, 0.3) is 0 Å². The summed E-state index contributed by atoms with van der Waals surface area (Å²) in [4.78, 5) is 0. The van der Waals surface area contributed by atoms with E-state index in [2.05, 4.69) is 0 Å². The van der Waals surface area contributed by atoms with Crippen molar-refractivity contribution in [2.45, 2.75) is 38.3 Å². The fourth-order valence-corrected chi connectivity index (χ4v) is 2.46. The predicted molar refractivity (Wildman–Crippen MR) is 66.7 cm³/mol. The first-order valence-electron chi connectivity index (χ1n) is 5.92. The molecule has 2 rings (SSSR count). The summed E-state index contributed by atoms with van der Waals surface area (Å²) in [7, 11) is 0. The van der Waals surface area contributed by atoms with Crippen molar-refractivity contribution < 1.29 is 9.13 Å².